The Morgan fingerprint density at radius 1 is 1.29 bits per heavy atom. The molecule has 0 radical (unpaired) electrons. The van der Waals surface area contributed by atoms with Gasteiger partial charge in [-0.3, -0.25) is 4.68 Å². The van der Waals surface area contributed by atoms with Crippen LogP contribution in [-0.2, 0) is 19.9 Å². The van der Waals surface area contributed by atoms with Gasteiger partial charge in [-0.05, 0) is 51.2 Å². The van der Waals surface area contributed by atoms with Crippen molar-refractivity contribution in [3.8, 4) is 17.7 Å². The normalized spacial score (nSPS) is 13.6. The summed E-state index contributed by atoms with van der Waals surface area (Å²) < 4.78 is 7.70. The fourth-order valence-electron chi connectivity index (χ4n) is 2.77. The highest BCUT2D eigenvalue weighted by Crippen LogP contribution is 2.31. The van der Waals surface area contributed by atoms with E-state index in [1.807, 2.05) is 27.0 Å². The molecular formula is C16H18N4O. The van der Waals surface area contributed by atoms with Crippen molar-refractivity contribution in [2.75, 3.05) is 0 Å². The first-order valence-electron chi connectivity index (χ1n) is 7.21. The van der Waals surface area contributed by atoms with Gasteiger partial charge in [-0.25, -0.2) is 4.98 Å². The Hall–Kier alpha value is -2.35. The number of aryl methyl sites for hydroxylation is 4. The van der Waals surface area contributed by atoms with Crippen LogP contribution in [0.2, 0.25) is 0 Å². The summed E-state index contributed by atoms with van der Waals surface area (Å²) in [5, 5.41) is 13.7. The molecule has 0 amide bonds. The number of nitriles is 1. The molecule has 5 heteroatoms. The predicted octanol–water partition coefficient (Wildman–Crippen LogP) is 2.97. The maximum absolute atomic E-state index is 9.35. The summed E-state index contributed by atoms with van der Waals surface area (Å²) in [6.07, 6.45) is 4.28. The smallest absolute Gasteiger partial charge is 0.237 e. The average Bonchev–Trinajstić information content (AvgIpc) is 2.73. The van der Waals surface area contributed by atoms with Crippen LogP contribution in [0, 0.1) is 25.2 Å². The molecular weight excluding hydrogens is 264 g/mol. The van der Waals surface area contributed by atoms with Crippen molar-refractivity contribution in [2.45, 2.75) is 39.5 Å². The SMILES string of the molecule is Cc1nn(C)c(C)c1Oc1nc2c(cc1C#N)CCCC2. The fourth-order valence-corrected chi connectivity index (χ4v) is 2.77. The van der Waals surface area contributed by atoms with E-state index in [2.05, 4.69) is 16.2 Å². The van der Waals surface area contributed by atoms with Gasteiger partial charge in [0.15, 0.2) is 5.75 Å². The fraction of sp³-hybridized carbons (Fsp3) is 0.438. The van der Waals surface area contributed by atoms with Crippen LogP contribution in [0.25, 0.3) is 0 Å². The van der Waals surface area contributed by atoms with E-state index in [1.54, 1.807) is 4.68 Å². The lowest BCUT2D eigenvalue weighted by Gasteiger charge is -2.16. The van der Waals surface area contributed by atoms with Crippen molar-refractivity contribution in [3.63, 3.8) is 0 Å². The van der Waals surface area contributed by atoms with Gasteiger partial charge >= 0.3 is 0 Å². The summed E-state index contributed by atoms with van der Waals surface area (Å²) >= 11 is 0. The number of pyridine rings is 1. The Morgan fingerprint density at radius 2 is 2.05 bits per heavy atom. The maximum Gasteiger partial charge on any atom is 0.237 e. The second kappa shape index (κ2) is 5.21. The lowest BCUT2D eigenvalue weighted by Crippen LogP contribution is -2.07. The third-order valence-electron chi connectivity index (χ3n) is 4.03. The van der Waals surface area contributed by atoms with E-state index in [1.165, 1.54) is 12.0 Å². The Balaban J connectivity index is 2.04. The van der Waals surface area contributed by atoms with Crippen molar-refractivity contribution in [1.82, 2.24) is 14.8 Å². The molecule has 2 aromatic heterocycles. The molecule has 0 saturated carbocycles. The molecule has 0 spiro atoms. The van der Waals surface area contributed by atoms with Crippen molar-refractivity contribution in [3.05, 3.63) is 34.3 Å². The minimum absolute atomic E-state index is 0.400. The Labute approximate surface area is 124 Å². The van der Waals surface area contributed by atoms with Crippen LogP contribution >= 0.6 is 0 Å². The molecule has 0 aromatic carbocycles. The van der Waals surface area contributed by atoms with Gasteiger partial charge in [0.2, 0.25) is 5.88 Å². The lowest BCUT2D eigenvalue weighted by molar-refractivity contribution is 0.449. The maximum atomic E-state index is 9.35. The number of aromatic nitrogens is 3. The molecule has 0 saturated heterocycles. The Morgan fingerprint density at radius 3 is 2.71 bits per heavy atom. The first kappa shape index (κ1) is 13.6. The third-order valence-corrected chi connectivity index (χ3v) is 4.03. The lowest BCUT2D eigenvalue weighted by atomic mass is 9.95. The minimum atomic E-state index is 0.400. The number of fused-ring (bicyclic) bond motifs is 1. The van der Waals surface area contributed by atoms with E-state index in [0.29, 0.717) is 17.2 Å². The largest absolute Gasteiger partial charge is 0.434 e. The molecule has 21 heavy (non-hydrogen) atoms. The van der Waals surface area contributed by atoms with Gasteiger partial charge in [0.05, 0.1) is 5.69 Å². The molecule has 1 aliphatic carbocycles. The molecule has 2 aromatic rings. The third kappa shape index (κ3) is 2.38. The Kier molecular flexibility index (Phi) is 3.38. The number of nitrogens with zero attached hydrogens (tertiary/aromatic N) is 4. The number of hydrogen-bond donors (Lipinski definition) is 0. The minimum Gasteiger partial charge on any atom is -0.434 e. The van der Waals surface area contributed by atoms with Gasteiger partial charge in [0.25, 0.3) is 0 Å². The van der Waals surface area contributed by atoms with E-state index in [4.69, 9.17) is 4.74 Å². The predicted molar refractivity (Wildman–Crippen MR) is 78.4 cm³/mol. The van der Waals surface area contributed by atoms with Crippen LogP contribution in [0.15, 0.2) is 6.07 Å². The van der Waals surface area contributed by atoms with E-state index in [-0.39, 0.29) is 0 Å². The summed E-state index contributed by atoms with van der Waals surface area (Å²) in [5.41, 5.74) is 4.48. The van der Waals surface area contributed by atoms with Crippen LogP contribution in [0.5, 0.6) is 11.6 Å². The van der Waals surface area contributed by atoms with Crippen LogP contribution in [0.4, 0.5) is 0 Å². The molecule has 0 unspecified atom stereocenters. The molecule has 0 atom stereocenters. The van der Waals surface area contributed by atoms with Crippen molar-refractivity contribution >= 4 is 0 Å². The van der Waals surface area contributed by atoms with Gasteiger partial charge in [0, 0.05) is 12.7 Å². The zero-order valence-corrected chi connectivity index (χ0v) is 12.6. The molecule has 5 nitrogen and oxygen atoms in total. The summed E-state index contributed by atoms with van der Waals surface area (Å²) in [7, 11) is 1.88. The molecule has 108 valence electrons. The molecule has 0 aliphatic heterocycles. The second-order valence-electron chi connectivity index (χ2n) is 5.49. The monoisotopic (exact) mass is 282 g/mol. The number of hydrogen-bond acceptors (Lipinski definition) is 4. The van der Waals surface area contributed by atoms with Crippen molar-refractivity contribution < 1.29 is 4.74 Å². The van der Waals surface area contributed by atoms with Gasteiger partial charge in [-0.1, -0.05) is 0 Å². The summed E-state index contributed by atoms with van der Waals surface area (Å²) in [6, 6.07) is 4.13. The van der Waals surface area contributed by atoms with Gasteiger partial charge < -0.3 is 4.74 Å². The Bertz CT molecular complexity index is 740. The highest BCUT2D eigenvalue weighted by molar-refractivity contribution is 5.46. The molecule has 0 fully saturated rings. The quantitative estimate of drug-likeness (QED) is 0.849. The summed E-state index contributed by atoms with van der Waals surface area (Å²) in [4.78, 5) is 4.59. The van der Waals surface area contributed by atoms with E-state index in [0.717, 1.165) is 36.3 Å². The van der Waals surface area contributed by atoms with Crippen LogP contribution in [0.3, 0.4) is 0 Å². The summed E-state index contributed by atoms with van der Waals surface area (Å²) in [6.45, 7) is 3.84. The first-order chi connectivity index (χ1) is 10.1. The zero-order chi connectivity index (χ0) is 15.0. The van der Waals surface area contributed by atoms with Crippen molar-refractivity contribution in [2.24, 2.45) is 7.05 Å². The average molecular weight is 282 g/mol. The highest BCUT2D eigenvalue weighted by atomic mass is 16.5. The second-order valence-corrected chi connectivity index (χ2v) is 5.49. The van der Waals surface area contributed by atoms with E-state index in [9.17, 15) is 5.26 Å². The zero-order valence-electron chi connectivity index (χ0n) is 12.6. The molecule has 3 rings (SSSR count). The van der Waals surface area contributed by atoms with Gasteiger partial charge in [-0.2, -0.15) is 10.4 Å². The van der Waals surface area contributed by atoms with Gasteiger partial charge in [-0.15, -0.1) is 0 Å². The van der Waals surface area contributed by atoms with E-state index < -0.39 is 0 Å². The standard InChI is InChI=1S/C16H18N4O/c1-10-15(11(2)20(3)19-10)21-16-13(9-17)8-12-6-4-5-7-14(12)18-16/h8H,4-7H2,1-3H3. The molecule has 2 heterocycles. The van der Waals surface area contributed by atoms with Crippen LogP contribution in [-0.4, -0.2) is 14.8 Å². The van der Waals surface area contributed by atoms with Gasteiger partial charge in [0.1, 0.15) is 17.3 Å². The van der Waals surface area contributed by atoms with E-state index >= 15 is 0 Å². The molecule has 1 aliphatic rings. The molecule has 0 N–H and O–H groups in total. The highest BCUT2D eigenvalue weighted by Gasteiger charge is 2.19. The number of rotatable bonds is 2. The number of ether oxygens (including phenoxy) is 1. The van der Waals surface area contributed by atoms with Crippen molar-refractivity contribution in [1.29, 1.82) is 5.26 Å². The first-order valence-corrected chi connectivity index (χ1v) is 7.21. The molecule has 0 bridgehead atoms. The summed E-state index contributed by atoms with van der Waals surface area (Å²) in [5.74, 6) is 1.09. The topological polar surface area (TPSA) is 63.7 Å². The van der Waals surface area contributed by atoms with Crippen LogP contribution in [0.1, 0.15) is 41.1 Å². The van der Waals surface area contributed by atoms with Crippen LogP contribution < -0.4 is 4.74 Å².